The highest BCUT2D eigenvalue weighted by Gasteiger charge is 2.12. The fraction of sp³-hybridized carbons (Fsp3) is 0.222. The molecule has 3 aromatic heterocycles. The van der Waals surface area contributed by atoms with Crippen molar-refractivity contribution in [2.24, 2.45) is 0 Å². The smallest absolute Gasteiger partial charge is 0.275 e. The maximum Gasteiger partial charge on any atom is 0.275 e. The number of hydrogen-bond donors (Lipinski definition) is 1. The molecule has 8 heteroatoms. The van der Waals surface area contributed by atoms with E-state index in [4.69, 9.17) is 0 Å². The van der Waals surface area contributed by atoms with Gasteiger partial charge in [-0.05, 0) is 13.3 Å². The van der Waals surface area contributed by atoms with Gasteiger partial charge in [-0.2, -0.15) is 4.52 Å². The lowest BCUT2D eigenvalue weighted by Gasteiger charge is -1.99. The van der Waals surface area contributed by atoms with Crippen molar-refractivity contribution in [3.05, 3.63) is 63.0 Å². The first-order valence-corrected chi connectivity index (χ1v) is 9.92. The fourth-order valence-corrected chi connectivity index (χ4v) is 4.39. The summed E-state index contributed by atoms with van der Waals surface area (Å²) in [4.78, 5) is 23.0. The molecule has 0 aliphatic heterocycles. The lowest BCUT2D eigenvalue weighted by Crippen LogP contribution is -2.15. The highest BCUT2D eigenvalue weighted by molar-refractivity contribution is 7.20. The molecule has 6 nitrogen and oxygen atoms in total. The van der Waals surface area contributed by atoms with E-state index in [2.05, 4.69) is 32.5 Å². The fourth-order valence-electron chi connectivity index (χ4n) is 2.56. The molecule has 1 N–H and O–H groups in total. The third kappa shape index (κ3) is 3.25. The maximum atomic E-state index is 12.1. The Morgan fingerprint density at radius 3 is 2.73 bits per heavy atom. The summed E-state index contributed by atoms with van der Waals surface area (Å²) in [6.45, 7) is 4.61. The van der Waals surface area contributed by atoms with E-state index in [1.165, 1.54) is 21.9 Å². The van der Waals surface area contributed by atoms with Gasteiger partial charge >= 0.3 is 0 Å². The van der Waals surface area contributed by atoms with Crippen molar-refractivity contribution >= 4 is 32.8 Å². The van der Waals surface area contributed by atoms with Gasteiger partial charge in [0.25, 0.3) is 5.56 Å². The highest BCUT2D eigenvalue weighted by atomic mass is 32.1. The Kier molecular flexibility index (Phi) is 4.52. The molecule has 0 bridgehead atoms. The van der Waals surface area contributed by atoms with E-state index < -0.39 is 0 Å². The Morgan fingerprint density at radius 2 is 1.96 bits per heavy atom. The van der Waals surface area contributed by atoms with Crippen LogP contribution in [0.1, 0.15) is 23.2 Å². The monoisotopic (exact) mass is 383 g/mol. The van der Waals surface area contributed by atoms with Gasteiger partial charge in [0.05, 0.1) is 12.2 Å². The summed E-state index contributed by atoms with van der Waals surface area (Å²) in [6.07, 6.45) is 0.731. The number of fused-ring (bicyclic) bond motifs is 1. The van der Waals surface area contributed by atoms with Gasteiger partial charge in [-0.1, -0.05) is 48.6 Å². The molecule has 4 aromatic rings. The standard InChI is InChI=1S/C18H17N5OS2/c1-3-13-9-15(24)23-18(21-13)26-17(22-23)19-10-14-11(2)20-16(25-14)12-7-5-4-6-8-12/h4-9H,3,10H2,1-2H3,(H,19,22). The maximum absolute atomic E-state index is 12.1. The molecule has 132 valence electrons. The number of aromatic nitrogens is 4. The molecule has 0 fully saturated rings. The first kappa shape index (κ1) is 16.9. The van der Waals surface area contributed by atoms with Gasteiger partial charge in [0, 0.05) is 22.2 Å². The zero-order valence-corrected chi connectivity index (χ0v) is 16.0. The topological polar surface area (TPSA) is 72.2 Å². The second-order valence-electron chi connectivity index (χ2n) is 5.79. The quantitative estimate of drug-likeness (QED) is 0.568. The van der Waals surface area contributed by atoms with Crippen LogP contribution in [0.5, 0.6) is 0 Å². The van der Waals surface area contributed by atoms with Crippen LogP contribution in [0.15, 0.2) is 41.2 Å². The number of benzene rings is 1. The number of hydrogen-bond acceptors (Lipinski definition) is 7. The van der Waals surface area contributed by atoms with E-state index in [9.17, 15) is 4.79 Å². The number of nitrogens with zero attached hydrogens (tertiary/aromatic N) is 4. The van der Waals surface area contributed by atoms with Gasteiger partial charge in [0.15, 0.2) is 0 Å². The van der Waals surface area contributed by atoms with Crippen LogP contribution in [-0.4, -0.2) is 19.6 Å². The molecular weight excluding hydrogens is 366 g/mol. The normalized spacial score (nSPS) is 11.2. The molecule has 0 aliphatic carbocycles. The first-order valence-electron chi connectivity index (χ1n) is 8.29. The van der Waals surface area contributed by atoms with Gasteiger partial charge in [0.2, 0.25) is 10.1 Å². The van der Waals surface area contributed by atoms with Gasteiger partial charge in [-0.3, -0.25) is 4.79 Å². The van der Waals surface area contributed by atoms with Crippen molar-refractivity contribution < 1.29 is 0 Å². The first-order chi connectivity index (χ1) is 12.6. The van der Waals surface area contributed by atoms with Gasteiger partial charge < -0.3 is 5.32 Å². The van der Waals surface area contributed by atoms with E-state index in [0.717, 1.165) is 33.3 Å². The van der Waals surface area contributed by atoms with Crippen LogP contribution in [0.25, 0.3) is 15.5 Å². The Bertz CT molecular complexity index is 1110. The van der Waals surface area contributed by atoms with Gasteiger partial charge in [-0.25, -0.2) is 9.97 Å². The Morgan fingerprint density at radius 1 is 1.15 bits per heavy atom. The zero-order chi connectivity index (χ0) is 18.1. The van der Waals surface area contributed by atoms with E-state index in [-0.39, 0.29) is 5.56 Å². The van der Waals surface area contributed by atoms with Crippen molar-refractivity contribution in [2.45, 2.75) is 26.8 Å². The van der Waals surface area contributed by atoms with Crippen LogP contribution in [0.4, 0.5) is 5.13 Å². The summed E-state index contributed by atoms with van der Waals surface area (Å²) >= 11 is 3.05. The van der Waals surface area contributed by atoms with Gasteiger partial charge in [-0.15, -0.1) is 16.4 Å². The van der Waals surface area contributed by atoms with Crippen LogP contribution >= 0.6 is 22.7 Å². The van der Waals surface area contributed by atoms with Crippen molar-refractivity contribution in [1.82, 2.24) is 19.6 Å². The van der Waals surface area contributed by atoms with Crippen LogP contribution < -0.4 is 10.9 Å². The molecule has 1 aromatic carbocycles. The molecule has 26 heavy (non-hydrogen) atoms. The third-order valence-corrected chi connectivity index (χ3v) is 6.05. The Hall–Kier alpha value is -2.58. The molecule has 0 radical (unpaired) electrons. The minimum absolute atomic E-state index is 0.142. The summed E-state index contributed by atoms with van der Waals surface area (Å²) in [6, 6.07) is 11.7. The Labute approximate surface area is 158 Å². The summed E-state index contributed by atoms with van der Waals surface area (Å²) in [5.41, 5.74) is 2.77. The largest absolute Gasteiger partial charge is 0.355 e. The Balaban J connectivity index is 1.56. The van der Waals surface area contributed by atoms with Crippen molar-refractivity contribution in [3.63, 3.8) is 0 Å². The highest BCUT2D eigenvalue weighted by Crippen LogP contribution is 2.28. The molecule has 0 saturated heterocycles. The second kappa shape index (κ2) is 6.97. The molecule has 0 saturated carbocycles. The van der Waals surface area contributed by atoms with E-state index >= 15 is 0 Å². The summed E-state index contributed by atoms with van der Waals surface area (Å²) in [5, 5.41) is 9.32. The van der Waals surface area contributed by atoms with E-state index in [1.54, 1.807) is 11.3 Å². The molecule has 0 atom stereocenters. The van der Waals surface area contributed by atoms with Crippen LogP contribution in [-0.2, 0) is 13.0 Å². The molecule has 0 amide bonds. The van der Waals surface area contributed by atoms with E-state index in [1.807, 2.05) is 32.0 Å². The lowest BCUT2D eigenvalue weighted by molar-refractivity contribution is 0.874. The molecule has 4 rings (SSSR count). The predicted molar refractivity (Wildman–Crippen MR) is 106 cm³/mol. The van der Waals surface area contributed by atoms with Crippen LogP contribution in [0.3, 0.4) is 0 Å². The molecule has 0 unspecified atom stereocenters. The number of rotatable bonds is 5. The number of anilines is 1. The van der Waals surface area contributed by atoms with Gasteiger partial charge in [0.1, 0.15) is 5.01 Å². The summed E-state index contributed by atoms with van der Waals surface area (Å²) in [7, 11) is 0. The number of aryl methyl sites for hydroxylation is 2. The SMILES string of the molecule is CCc1cc(=O)n2nc(NCc3sc(-c4ccccc4)nc3C)sc2n1. The lowest BCUT2D eigenvalue weighted by atomic mass is 10.2. The second-order valence-corrected chi connectivity index (χ2v) is 7.83. The van der Waals surface area contributed by atoms with Crippen LogP contribution in [0, 0.1) is 6.92 Å². The molecule has 0 spiro atoms. The minimum Gasteiger partial charge on any atom is -0.355 e. The zero-order valence-electron chi connectivity index (χ0n) is 14.4. The van der Waals surface area contributed by atoms with Crippen molar-refractivity contribution in [3.8, 4) is 10.6 Å². The number of nitrogens with one attached hydrogen (secondary N) is 1. The average Bonchev–Trinajstić information content (AvgIpc) is 3.24. The molecule has 0 aliphatic rings. The van der Waals surface area contributed by atoms with Crippen molar-refractivity contribution in [1.29, 1.82) is 0 Å². The number of thiazole rings is 1. The van der Waals surface area contributed by atoms with Crippen molar-refractivity contribution in [2.75, 3.05) is 5.32 Å². The summed E-state index contributed by atoms with van der Waals surface area (Å²) in [5.74, 6) is 0. The van der Waals surface area contributed by atoms with Crippen LogP contribution in [0.2, 0.25) is 0 Å². The average molecular weight is 384 g/mol. The predicted octanol–water partition coefficient (Wildman–Crippen LogP) is 3.76. The molecular formula is C18H17N5OS2. The molecule has 3 heterocycles. The van der Waals surface area contributed by atoms with E-state index in [0.29, 0.717) is 16.6 Å². The summed E-state index contributed by atoms with van der Waals surface area (Å²) < 4.78 is 1.35. The minimum atomic E-state index is -0.142. The third-order valence-electron chi connectivity index (χ3n) is 3.97.